The molecule has 0 aliphatic carbocycles. The Labute approximate surface area is 143 Å². The summed E-state index contributed by atoms with van der Waals surface area (Å²) >= 11 is 7.04. The Hall–Kier alpha value is -0.135. The minimum absolute atomic E-state index is 0.361. The highest BCUT2D eigenvalue weighted by molar-refractivity contribution is 9.11. The topological polar surface area (TPSA) is 44.5 Å². The predicted octanol–water partition coefficient (Wildman–Crippen LogP) is 4.19. The Kier molecular flexibility index (Phi) is 5.06. The van der Waals surface area contributed by atoms with Gasteiger partial charge in [0.25, 0.3) is 0 Å². The van der Waals surface area contributed by atoms with Crippen LogP contribution in [0.3, 0.4) is 0 Å². The van der Waals surface area contributed by atoms with E-state index >= 15 is 0 Å². The van der Waals surface area contributed by atoms with Crippen LogP contribution in [0.1, 0.15) is 33.3 Å². The summed E-state index contributed by atoms with van der Waals surface area (Å²) in [6.07, 6.45) is 2.02. The monoisotopic (exact) mass is 415 g/mol. The third-order valence-electron chi connectivity index (χ3n) is 4.09. The number of nitrogens with two attached hydrogens (primary N) is 1. The van der Waals surface area contributed by atoms with E-state index in [1.807, 2.05) is 52.0 Å². The van der Waals surface area contributed by atoms with Gasteiger partial charge in [-0.3, -0.25) is 0 Å². The third kappa shape index (κ3) is 3.62. The fourth-order valence-corrected chi connectivity index (χ4v) is 2.78. The van der Waals surface area contributed by atoms with E-state index in [1.54, 1.807) is 0 Å². The van der Waals surface area contributed by atoms with E-state index in [1.165, 1.54) is 0 Å². The molecule has 0 amide bonds. The summed E-state index contributed by atoms with van der Waals surface area (Å²) in [6.45, 7) is 8.54. The molecule has 0 radical (unpaired) electrons. The Morgan fingerprint density at radius 3 is 2.29 bits per heavy atom. The van der Waals surface area contributed by atoms with Crippen LogP contribution >= 0.6 is 31.9 Å². The first-order valence-corrected chi connectivity index (χ1v) is 8.46. The first kappa shape index (κ1) is 17.2. The molecule has 0 aromatic heterocycles. The number of halogens is 2. The molecule has 1 aliphatic heterocycles. The van der Waals surface area contributed by atoms with Crippen molar-refractivity contribution in [3.05, 3.63) is 38.2 Å². The summed E-state index contributed by atoms with van der Waals surface area (Å²) in [4.78, 5) is 0. The molecule has 0 unspecified atom stereocenters. The highest BCUT2D eigenvalue weighted by atomic mass is 79.9. The standard InChI is InChI=1S/C15H20BBr2NO2/c1-14(2)15(3,4)21-16(20-14)11(9-19)7-10-8-12(17)5-6-13(10)18/h5-8H,9,19H2,1-4H3. The SMILES string of the molecule is CC1(C)OB(C(=Cc2cc(Br)ccc2Br)CN)OC1(C)C. The van der Waals surface area contributed by atoms with Gasteiger partial charge in [-0.2, -0.15) is 0 Å². The molecule has 1 saturated heterocycles. The lowest BCUT2D eigenvalue weighted by atomic mass is 9.77. The molecule has 0 saturated carbocycles. The molecule has 1 heterocycles. The summed E-state index contributed by atoms with van der Waals surface area (Å²) < 4.78 is 14.1. The van der Waals surface area contributed by atoms with Crippen molar-refractivity contribution in [2.75, 3.05) is 6.54 Å². The molecule has 1 aliphatic rings. The van der Waals surface area contributed by atoms with Crippen molar-refractivity contribution in [2.24, 2.45) is 5.73 Å². The number of hydrogen-bond donors (Lipinski definition) is 1. The number of rotatable bonds is 3. The van der Waals surface area contributed by atoms with Crippen LogP contribution in [0.15, 0.2) is 32.6 Å². The van der Waals surface area contributed by atoms with Crippen LogP contribution in [0.5, 0.6) is 0 Å². The summed E-state index contributed by atoms with van der Waals surface area (Å²) in [5.41, 5.74) is 7.15. The van der Waals surface area contributed by atoms with Crippen molar-refractivity contribution in [1.29, 1.82) is 0 Å². The van der Waals surface area contributed by atoms with Gasteiger partial charge in [0.05, 0.1) is 11.2 Å². The quantitative estimate of drug-likeness (QED) is 0.751. The lowest BCUT2D eigenvalue weighted by molar-refractivity contribution is 0.00578. The highest BCUT2D eigenvalue weighted by Crippen LogP contribution is 2.39. The van der Waals surface area contributed by atoms with Gasteiger partial charge < -0.3 is 15.0 Å². The summed E-state index contributed by atoms with van der Waals surface area (Å²) in [5.74, 6) is 0. The molecule has 1 aromatic rings. The largest absolute Gasteiger partial charge is 0.491 e. The van der Waals surface area contributed by atoms with E-state index in [0.29, 0.717) is 6.54 Å². The van der Waals surface area contributed by atoms with Crippen LogP contribution in [0, 0.1) is 0 Å². The zero-order valence-corrected chi connectivity index (χ0v) is 15.9. The van der Waals surface area contributed by atoms with Crippen molar-refractivity contribution in [3.63, 3.8) is 0 Å². The molecule has 21 heavy (non-hydrogen) atoms. The van der Waals surface area contributed by atoms with E-state index in [2.05, 4.69) is 31.9 Å². The minimum atomic E-state index is -0.411. The molecule has 1 fully saturated rings. The Morgan fingerprint density at radius 1 is 1.19 bits per heavy atom. The van der Waals surface area contributed by atoms with Crippen molar-refractivity contribution in [2.45, 2.75) is 38.9 Å². The maximum Gasteiger partial charge on any atom is 0.491 e. The van der Waals surface area contributed by atoms with Crippen molar-refractivity contribution in [3.8, 4) is 0 Å². The molecule has 0 bridgehead atoms. The number of benzene rings is 1. The molecule has 0 atom stereocenters. The van der Waals surface area contributed by atoms with Crippen LogP contribution < -0.4 is 5.73 Å². The smallest absolute Gasteiger partial charge is 0.400 e. The van der Waals surface area contributed by atoms with Crippen molar-refractivity contribution < 1.29 is 9.31 Å². The Morgan fingerprint density at radius 2 is 1.76 bits per heavy atom. The van der Waals surface area contributed by atoms with E-state index < -0.39 is 7.12 Å². The van der Waals surface area contributed by atoms with Gasteiger partial charge in [0.1, 0.15) is 0 Å². The van der Waals surface area contributed by atoms with Gasteiger partial charge in [0, 0.05) is 15.5 Å². The molecule has 6 heteroatoms. The Balaban J connectivity index is 2.33. The average Bonchev–Trinajstić information content (AvgIpc) is 2.59. The fourth-order valence-electron chi connectivity index (χ4n) is 2.04. The zero-order valence-electron chi connectivity index (χ0n) is 12.7. The normalized spacial score (nSPS) is 20.9. The minimum Gasteiger partial charge on any atom is -0.400 e. The van der Waals surface area contributed by atoms with E-state index in [9.17, 15) is 0 Å². The molecule has 2 rings (SSSR count). The van der Waals surface area contributed by atoms with Gasteiger partial charge in [0.15, 0.2) is 0 Å². The lowest BCUT2D eigenvalue weighted by Gasteiger charge is -2.32. The Bertz CT molecular complexity index is 557. The fraction of sp³-hybridized carbons (Fsp3) is 0.467. The molecule has 0 spiro atoms. The predicted molar refractivity (Wildman–Crippen MR) is 95.0 cm³/mol. The van der Waals surface area contributed by atoms with Gasteiger partial charge in [-0.1, -0.05) is 37.9 Å². The van der Waals surface area contributed by atoms with Crippen LogP contribution in [-0.2, 0) is 9.31 Å². The van der Waals surface area contributed by atoms with Crippen molar-refractivity contribution in [1.82, 2.24) is 0 Å². The molecular formula is C15H20BBr2NO2. The summed E-state index contributed by atoms with van der Waals surface area (Å²) in [6, 6.07) is 6.01. The van der Waals surface area contributed by atoms with Gasteiger partial charge >= 0.3 is 7.12 Å². The van der Waals surface area contributed by atoms with Crippen LogP contribution in [0.2, 0.25) is 0 Å². The second-order valence-corrected chi connectivity index (χ2v) is 7.95. The third-order valence-corrected chi connectivity index (χ3v) is 5.31. The van der Waals surface area contributed by atoms with Gasteiger partial charge in [-0.05, 0) is 56.9 Å². The van der Waals surface area contributed by atoms with Gasteiger partial charge in [-0.15, -0.1) is 0 Å². The first-order valence-electron chi connectivity index (χ1n) is 6.87. The second kappa shape index (κ2) is 6.16. The molecular weight excluding hydrogens is 397 g/mol. The van der Waals surface area contributed by atoms with E-state index in [-0.39, 0.29) is 11.2 Å². The average molecular weight is 417 g/mol. The first-order chi connectivity index (χ1) is 9.66. The maximum atomic E-state index is 6.06. The van der Waals surface area contributed by atoms with E-state index in [0.717, 1.165) is 20.0 Å². The van der Waals surface area contributed by atoms with Crippen LogP contribution in [0.25, 0.3) is 6.08 Å². The molecule has 1 aromatic carbocycles. The molecule has 3 nitrogen and oxygen atoms in total. The molecule has 2 N–H and O–H groups in total. The summed E-state index contributed by atoms with van der Waals surface area (Å²) in [7, 11) is -0.411. The maximum absolute atomic E-state index is 6.06. The zero-order chi connectivity index (χ0) is 15.8. The summed E-state index contributed by atoms with van der Waals surface area (Å²) in [5, 5.41) is 0. The highest BCUT2D eigenvalue weighted by Gasteiger charge is 2.52. The van der Waals surface area contributed by atoms with Crippen molar-refractivity contribution >= 4 is 45.1 Å². The number of hydrogen-bond acceptors (Lipinski definition) is 3. The lowest BCUT2D eigenvalue weighted by Crippen LogP contribution is -2.41. The van der Waals surface area contributed by atoms with Gasteiger partial charge in [-0.25, -0.2) is 0 Å². The van der Waals surface area contributed by atoms with Crippen LogP contribution in [0.4, 0.5) is 0 Å². The second-order valence-electron chi connectivity index (χ2n) is 6.18. The van der Waals surface area contributed by atoms with Gasteiger partial charge in [0.2, 0.25) is 0 Å². The van der Waals surface area contributed by atoms with Crippen LogP contribution in [-0.4, -0.2) is 24.9 Å². The van der Waals surface area contributed by atoms with E-state index in [4.69, 9.17) is 15.0 Å². The molecule has 114 valence electrons.